The lowest BCUT2D eigenvalue weighted by Gasteiger charge is -1.93. The van der Waals surface area contributed by atoms with E-state index >= 15 is 0 Å². The molecule has 3 heteroatoms. The number of aromatic nitrogens is 1. The summed E-state index contributed by atoms with van der Waals surface area (Å²) in [5.74, 6) is 2.50. The van der Waals surface area contributed by atoms with Crippen molar-refractivity contribution >= 4 is 11.3 Å². The van der Waals surface area contributed by atoms with Crippen LogP contribution in [-0.2, 0) is 6.54 Å². The fourth-order valence-corrected chi connectivity index (χ4v) is 1.15. The molecular weight excluding hydrogens is 144 g/mol. The SMILES string of the molecule is C#CCNCc1cncs1. The van der Waals surface area contributed by atoms with Crippen molar-refractivity contribution in [2.75, 3.05) is 6.54 Å². The van der Waals surface area contributed by atoms with Crippen LogP contribution in [0.1, 0.15) is 4.88 Å². The van der Waals surface area contributed by atoms with Crippen LogP contribution in [0.25, 0.3) is 0 Å². The van der Waals surface area contributed by atoms with E-state index < -0.39 is 0 Å². The van der Waals surface area contributed by atoms with Crippen molar-refractivity contribution in [2.24, 2.45) is 0 Å². The Kier molecular flexibility index (Phi) is 2.94. The van der Waals surface area contributed by atoms with E-state index in [0.29, 0.717) is 6.54 Å². The maximum Gasteiger partial charge on any atom is 0.0794 e. The summed E-state index contributed by atoms with van der Waals surface area (Å²) in [6, 6.07) is 0. The summed E-state index contributed by atoms with van der Waals surface area (Å²) in [7, 11) is 0. The lowest BCUT2D eigenvalue weighted by Crippen LogP contribution is -2.11. The molecule has 0 fully saturated rings. The third kappa shape index (κ3) is 2.18. The van der Waals surface area contributed by atoms with E-state index in [0.717, 1.165) is 6.54 Å². The molecule has 0 aliphatic carbocycles. The summed E-state index contributed by atoms with van der Waals surface area (Å²) in [5, 5.41) is 3.07. The van der Waals surface area contributed by atoms with Crippen molar-refractivity contribution in [3.63, 3.8) is 0 Å². The molecule has 0 aliphatic heterocycles. The van der Waals surface area contributed by atoms with Gasteiger partial charge in [-0.05, 0) is 0 Å². The molecule has 0 unspecified atom stereocenters. The lowest BCUT2D eigenvalue weighted by molar-refractivity contribution is 0.779. The average molecular weight is 152 g/mol. The van der Waals surface area contributed by atoms with E-state index in [1.165, 1.54) is 4.88 Å². The van der Waals surface area contributed by atoms with Gasteiger partial charge in [0.05, 0.1) is 12.1 Å². The van der Waals surface area contributed by atoms with Crippen LogP contribution in [0.3, 0.4) is 0 Å². The van der Waals surface area contributed by atoms with Gasteiger partial charge >= 0.3 is 0 Å². The predicted molar refractivity (Wildman–Crippen MR) is 42.7 cm³/mol. The summed E-state index contributed by atoms with van der Waals surface area (Å²) in [5.41, 5.74) is 1.81. The van der Waals surface area contributed by atoms with Crippen LogP contribution < -0.4 is 5.32 Å². The molecule has 0 aromatic carbocycles. The highest BCUT2D eigenvalue weighted by Gasteiger charge is 1.90. The highest BCUT2D eigenvalue weighted by Crippen LogP contribution is 2.03. The van der Waals surface area contributed by atoms with Crippen LogP contribution in [0.4, 0.5) is 0 Å². The molecule has 0 saturated carbocycles. The van der Waals surface area contributed by atoms with Gasteiger partial charge in [-0.15, -0.1) is 17.8 Å². The molecule has 1 rings (SSSR count). The fraction of sp³-hybridized carbons (Fsp3) is 0.286. The van der Waals surface area contributed by atoms with Crippen LogP contribution in [-0.4, -0.2) is 11.5 Å². The minimum Gasteiger partial charge on any atom is -0.301 e. The van der Waals surface area contributed by atoms with Gasteiger partial charge in [0, 0.05) is 17.6 Å². The van der Waals surface area contributed by atoms with Gasteiger partial charge in [-0.2, -0.15) is 0 Å². The van der Waals surface area contributed by atoms with Crippen molar-refractivity contribution in [1.29, 1.82) is 0 Å². The molecule has 1 heterocycles. The van der Waals surface area contributed by atoms with E-state index in [9.17, 15) is 0 Å². The molecule has 1 aromatic rings. The second kappa shape index (κ2) is 4.04. The molecule has 1 aromatic heterocycles. The summed E-state index contributed by atoms with van der Waals surface area (Å²) in [4.78, 5) is 5.15. The molecule has 0 bridgehead atoms. The number of thiazole rings is 1. The average Bonchev–Trinajstić information content (AvgIpc) is 2.41. The van der Waals surface area contributed by atoms with Crippen molar-refractivity contribution in [1.82, 2.24) is 10.3 Å². The second-order valence-electron chi connectivity index (χ2n) is 1.78. The maximum atomic E-state index is 5.04. The Morgan fingerprint density at radius 1 is 1.80 bits per heavy atom. The van der Waals surface area contributed by atoms with Gasteiger partial charge in [-0.25, -0.2) is 0 Å². The molecule has 0 aliphatic rings. The zero-order valence-corrected chi connectivity index (χ0v) is 6.32. The number of rotatable bonds is 3. The quantitative estimate of drug-likeness (QED) is 0.513. The zero-order valence-electron chi connectivity index (χ0n) is 5.50. The standard InChI is InChI=1S/C7H8N2S/c1-2-3-8-4-7-5-9-6-10-7/h1,5-6,8H,3-4H2. The van der Waals surface area contributed by atoms with Crippen molar-refractivity contribution < 1.29 is 0 Å². The Bertz CT molecular complexity index is 210. The third-order valence-electron chi connectivity index (χ3n) is 1.01. The van der Waals surface area contributed by atoms with Crippen LogP contribution in [0.5, 0.6) is 0 Å². The number of terminal acetylenes is 1. The largest absolute Gasteiger partial charge is 0.301 e. The Hall–Kier alpha value is -0.850. The molecule has 10 heavy (non-hydrogen) atoms. The van der Waals surface area contributed by atoms with E-state index in [-0.39, 0.29) is 0 Å². The first-order valence-corrected chi connectivity index (χ1v) is 3.83. The predicted octanol–water partition coefficient (Wildman–Crippen LogP) is 0.866. The number of hydrogen-bond donors (Lipinski definition) is 1. The second-order valence-corrected chi connectivity index (χ2v) is 2.75. The summed E-state index contributed by atoms with van der Waals surface area (Å²) < 4.78 is 0. The Morgan fingerprint density at radius 2 is 2.70 bits per heavy atom. The van der Waals surface area contributed by atoms with Gasteiger partial charge in [-0.3, -0.25) is 4.98 Å². The van der Waals surface area contributed by atoms with Gasteiger partial charge < -0.3 is 5.32 Å². The van der Waals surface area contributed by atoms with Crippen LogP contribution in [0.2, 0.25) is 0 Å². The van der Waals surface area contributed by atoms with Crippen LogP contribution in [0, 0.1) is 12.3 Å². The highest BCUT2D eigenvalue weighted by molar-refractivity contribution is 7.09. The smallest absolute Gasteiger partial charge is 0.0794 e. The summed E-state index contributed by atoms with van der Waals surface area (Å²) in [6.07, 6.45) is 6.88. The Morgan fingerprint density at radius 3 is 3.30 bits per heavy atom. The molecule has 1 N–H and O–H groups in total. The van der Waals surface area contributed by atoms with Gasteiger partial charge in [0.25, 0.3) is 0 Å². The third-order valence-corrected chi connectivity index (χ3v) is 1.79. The number of nitrogens with zero attached hydrogens (tertiary/aromatic N) is 1. The number of nitrogens with one attached hydrogen (secondary N) is 1. The first-order chi connectivity index (χ1) is 4.93. The van der Waals surface area contributed by atoms with Crippen molar-refractivity contribution in [2.45, 2.75) is 6.54 Å². The molecule has 0 atom stereocenters. The molecule has 0 saturated heterocycles. The van der Waals surface area contributed by atoms with Crippen molar-refractivity contribution in [3.8, 4) is 12.3 Å². The van der Waals surface area contributed by atoms with Gasteiger partial charge in [0.2, 0.25) is 0 Å². The fourth-order valence-electron chi connectivity index (χ4n) is 0.587. The van der Waals surface area contributed by atoms with E-state index in [1.807, 2.05) is 11.7 Å². The van der Waals surface area contributed by atoms with E-state index in [1.54, 1.807) is 11.3 Å². The highest BCUT2D eigenvalue weighted by atomic mass is 32.1. The monoisotopic (exact) mass is 152 g/mol. The van der Waals surface area contributed by atoms with Crippen LogP contribution in [0.15, 0.2) is 11.7 Å². The summed E-state index contributed by atoms with van der Waals surface area (Å²) in [6.45, 7) is 1.45. The molecule has 0 spiro atoms. The normalized spacial score (nSPS) is 9.10. The van der Waals surface area contributed by atoms with Crippen molar-refractivity contribution in [3.05, 3.63) is 16.6 Å². The van der Waals surface area contributed by atoms with Gasteiger partial charge in [0.1, 0.15) is 0 Å². The Labute approximate surface area is 64.3 Å². The molecule has 2 nitrogen and oxygen atoms in total. The topological polar surface area (TPSA) is 24.9 Å². The molecular formula is C7H8N2S. The van der Waals surface area contributed by atoms with E-state index in [2.05, 4.69) is 16.2 Å². The number of hydrogen-bond acceptors (Lipinski definition) is 3. The maximum absolute atomic E-state index is 5.04. The first kappa shape index (κ1) is 7.26. The first-order valence-electron chi connectivity index (χ1n) is 2.95. The lowest BCUT2D eigenvalue weighted by atomic mass is 10.5. The van der Waals surface area contributed by atoms with E-state index in [4.69, 9.17) is 6.42 Å². The summed E-state index contributed by atoms with van der Waals surface area (Å²) >= 11 is 1.63. The zero-order chi connectivity index (χ0) is 7.23. The minimum atomic E-state index is 0.623. The molecule has 52 valence electrons. The van der Waals surface area contributed by atoms with Crippen LogP contribution >= 0.6 is 11.3 Å². The van der Waals surface area contributed by atoms with Gasteiger partial charge in [-0.1, -0.05) is 5.92 Å². The molecule has 0 amide bonds. The Balaban J connectivity index is 2.23. The van der Waals surface area contributed by atoms with Gasteiger partial charge in [0.15, 0.2) is 0 Å². The minimum absolute atomic E-state index is 0.623. The molecule has 0 radical (unpaired) electrons.